The molecule has 0 amide bonds. The molecular weight excluding hydrogens is 192 g/mol. The Labute approximate surface area is 86.9 Å². The molecule has 0 aliphatic rings. The predicted molar refractivity (Wildman–Crippen MR) is 54.1 cm³/mol. The summed E-state index contributed by atoms with van der Waals surface area (Å²) in [5, 5.41) is 3.84. The van der Waals surface area contributed by atoms with Gasteiger partial charge in [-0.1, -0.05) is 35.5 Å². The molecule has 0 saturated carbocycles. The van der Waals surface area contributed by atoms with Crippen LogP contribution in [0.25, 0.3) is 11.4 Å². The maximum absolute atomic E-state index is 10.2. The Morgan fingerprint density at radius 2 is 2.07 bits per heavy atom. The molecule has 0 unspecified atom stereocenters. The minimum Gasteiger partial charge on any atom is -0.339 e. The van der Waals surface area contributed by atoms with Gasteiger partial charge in [-0.15, -0.1) is 0 Å². The molecule has 1 aromatic carbocycles. The number of carbonyl (C=O) groups is 1. The van der Waals surface area contributed by atoms with Crippen molar-refractivity contribution in [1.29, 1.82) is 0 Å². The molecule has 2 aromatic rings. The van der Waals surface area contributed by atoms with E-state index in [1.54, 1.807) is 0 Å². The fourth-order valence-corrected chi connectivity index (χ4v) is 1.24. The third-order valence-electron chi connectivity index (χ3n) is 1.98. The Kier molecular flexibility index (Phi) is 2.88. The molecule has 1 heterocycles. The zero-order valence-electron chi connectivity index (χ0n) is 8.09. The Morgan fingerprint density at radius 1 is 1.27 bits per heavy atom. The molecular formula is C11H10N2O2. The van der Waals surface area contributed by atoms with Gasteiger partial charge < -0.3 is 9.32 Å². The van der Waals surface area contributed by atoms with Crippen LogP contribution in [-0.4, -0.2) is 16.4 Å². The summed E-state index contributed by atoms with van der Waals surface area (Å²) >= 11 is 0. The van der Waals surface area contributed by atoms with Crippen molar-refractivity contribution in [2.24, 2.45) is 0 Å². The molecule has 0 aliphatic heterocycles. The van der Waals surface area contributed by atoms with Crippen LogP contribution in [0.1, 0.15) is 12.3 Å². The third-order valence-corrected chi connectivity index (χ3v) is 1.98. The molecule has 76 valence electrons. The number of aldehydes is 1. The zero-order valence-corrected chi connectivity index (χ0v) is 8.09. The van der Waals surface area contributed by atoms with E-state index < -0.39 is 0 Å². The van der Waals surface area contributed by atoms with Crippen LogP contribution in [0.4, 0.5) is 0 Å². The minimum atomic E-state index is 0.413. The van der Waals surface area contributed by atoms with E-state index in [-0.39, 0.29) is 0 Å². The van der Waals surface area contributed by atoms with E-state index in [2.05, 4.69) is 10.1 Å². The summed E-state index contributed by atoms with van der Waals surface area (Å²) in [7, 11) is 0. The van der Waals surface area contributed by atoms with E-state index in [1.165, 1.54) is 0 Å². The Bertz CT molecular complexity index is 437. The van der Waals surface area contributed by atoms with Crippen LogP contribution in [0, 0.1) is 0 Å². The number of rotatable bonds is 4. The number of hydrogen-bond donors (Lipinski definition) is 0. The van der Waals surface area contributed by atoms with Crippen LogP contribution in [0.5, 0.6) is 0 Å². The van der Waals surface area contributed by atoms with Crippen molar-refractivity contribution in [2.45, 2.75) is 12.8 Å². The first-order valence-corrected chi connectivity index (χ1v) is 4.72. The second-order valence-corrected chi connectivity index (χ2v) is 3.08. The molecule has 0 radical (unpaired) electrons. The average molecular weight is 202 g/mol. The van der Waals surface area contributed by atoms with Gasteiger partial charge in [0.15, 0.2) is 0 Å². The first-order chi connectivity index (χ1) is 7.40. The van der Waals surface area contributed by atoms with Gasteiger partial charge in [-0.3, -0.25) is 0 Å². The molecule has 0 atom stereocenters. The minimum absolute atomic E-state index is 0.413. The number of benzene rings is 1. The van der Waals surface area contributed by atoms with Crippen LogP contribution < -0.4 is 0 Å². The van der Waals surface area contributed by atoms with Gasteiger partial charge in [-0.05, 0) is 0 Å². The van der Waals surface area contributed by atoms with Crippen LogP contribution >= 0.6 is 0 Å². The second kappa shape index (κ2) is 4.50. The largest absolute Gasteiger partial charge is 0.339 e. The van der Waals surface area contributed by atoms with Gasteiger partial charge in [0.25, 0.3) is 0 Å². The van der Waals surface area contributed by atoms with E-state index in [1.807, 2.05) is 30.3 Å². The van der Waals surface area contributed by atoms with Crippen LogP contribution in [-0.2, 0) is 11.2 Å². The molecule has 1 aromatic heterocycles. The van der Waals surface area contributed by atoms with E-state index in [9.17, 15) is 4.79 Å². The lowest BCUT2D eigenvalue weighted by Crippen LogP contribution is -1.86. The molecule has 2 rings (SSSR count). The molecule has 15 heavy (non-hydrogen) atoms. The Morgan fingerprint density at radius 3 is 2.80 bits per heavy atom. The highest BCUT2D eigenvalue weighted by atomic mass is 16.5. The number of aryl methyl sites for hydroxylation is 1. The number of carbonyl (C=O) groups excluding carboxylic acids is 1. The second-order valence-electron chi connectivity index (χ2n) is 3.08. The lowest BCUT2D eigenvalue weighted by Gasteiger charge is -1.90. The van der Waals surface area contributed by atoms with Crippen LogP contribution in [0.15, 0.2) is 34.9 Å². The van der Waals surface area contributed by atoms with E-state index in [0.29, 0.717) is 24.6 Å². The molecule has 0 saturated heterocycles. The van der Waals surface area contributed by atoms with E-state index >= 15 is 0 Å². The van der Waals surface area contributed by atoms with E-state index in [4.69, 9.17) is 4.52 Å². The quantitative estimate of drug-likeness (QED) is 0.710. The lowest BCUT2D eigenvalue weighted by atomic mass is 10.2. The molecule has 0 bridgehead atoms. The van der Waals surface area contributed by atoms with Crippen molar-refractivity contribution in [1.82, 2.24) is 10.1 Å². The van der Waals surface area contributed by atoms with Crippen LogP contribution in [0.2, 0.25) is 0 Å². The van der Waals surface area contributed by atoms with Crippen molar-refractivity contribution < 1.29 is 9.32 Å². The molecule has 0 N–H and O–H groups in total. The van der Waals surface area contributed by atoms with Gasteiger partial charge in [0.2, 0.25) is 11.7 Å². The Hall–Kier alpha value is -1.97. The SMILES string of the molecule is O=CCCc1nc(-c2ccccc2)no1. The smallest absolute Gasteiger partial charge is 0.227 e. The average Bonchev–Trinajstić information content (AvgIpc) is 2.76. The van der Waals surface area contributed by atoms with Gasteiger partial charge in [0, 0.05) is 18.4 Å². The lowest BCUT2D eigenvalue weighted by molar-refractivity contribution is -0.107. The van der Waals surface area contributed by atoms with Crippen molar-refractivity contribution in [3.63, 3.8) is 0 Å². The van der Waals surface area contributed by atoms with Crippen molar-refractivity contribution in [3.05, 3.63) is 36.2 Å². The molecule has 0 fully saturated rings. The maximum atomic E-state index is 10.2. The van der Waals surface area contributed by atoms with E-state index in [0.717, 1.165) is 11.8 Å². The highest BCUT2D eigenvalue weighted by molar-refractivity contribution is 5.53. The Balaban J connectivity index is 2.17. The fraction of sp³-hybridized carbons (Fsp3) is 0.182. The van der Waals surface area contributed by atoms with Crippen molar-refractivity contribution >= 4 is 6.29 Å². The van der Waals surface area contributed by atoms with Gasteiger partial charge in [-0.25, -0.2) is 0 Å². The summed E-state index contributed by atoms with van der Waals surface area (Å²) in [6.45, 7) is 0. The molecule has 4 heteroatoms. The van der Waals surface area contributed by atoms with Crippen LogP contribution in [0.3, 0.4) is 0 Å². The monoisotopic (exact) mass is 202 g/mol. The summed E-state index contributed by atoms with van der Waals surface area (Å²) in [6.07, 6.45) is 1.76. The summed E-state index contributed by atoms with van der Waals surface area (Å²) in [6, 6.07) is 9.58. The summed E-state index contributed by atoms with van der Waals surface area (Å²) in [4.78, 5) is 14.3. The number of aromatic nitrogens is 2. The van der Waals surface area contributed by atoms with Gasteiger partial charge in [0.1, 0.15) is 6.29 Å². The summed E-state index contributed by atoms with van der Waals surface area (Å²) in [5.74, 6) is 1.07. The fourth-order valence-electron chi connectivity index (χ4n) is 1.24. The topological polar surface area (TPSA) is 56.0 Å². The van der Waals surface area contributed by atoms with Crippen molar-refractivity contribution in [3.8, 4) is 11.4 Å². The molecule has 4 nitrogen and oxygen atoms in total. The third kappa shape index (κ3) is 2.28. The first kappa shape index (κ1) is 9.58. The zero-order chi connectivity index (χ0) is 10.5. The maximum Gasteiger partial charge on any atom is 0.227 e. The molecule has 0 spiro atoms. The highest BCUT2D eigenvalue weighted by Crippen LogP contribution is 2.14. The van der Waals surface area contributed by atoms with Gasteiger partial charge >= 0.3 is 0 Å². The standard InChI is InChI=1S/C11H10N2O2/c14-8-4-7-10-12-11(13-15-10)9-5-2-1-3-6-9/h1-3,5-6,8H,4,7H2. The number of nitrogens with zero attached hydrogens (tertiary/aromatic N) is 2. The normalized spacial score (nSPS) is 10.1. The van der Waals surface area contributed by atoms with Gasteiger partial charge in [-0.2, -0.15) is 4.98 Å². The highest BCUT2D eigenvalue weighted by Gasteiger charge is 2.06. The number of hydrogen-bond acceptors (Lipinski definition) is 4. The molecule has 0 aliphatic carbocycles. The first-order valence-electron chi connectivity index (χ1n) is 4.72. The summed E-state index contributed by atoms with van der Waals surface area (Å²) in [5.41, 5.74) is 0.915. The summed E-state index contributed by atoms with van der Waals surface area (Å²) < 4.78 is 5.00. The van der Waals surface area contributed by atoms with Gasteiger partial charge in [0.05, 0.1) is 0 Å². The predicted octanol–water partition coefficient (Wildman–Crippen LogP) is 1.87. The van der Waals surface area contributed by atoms with Crippen molar-refractivity contribution in [2.75, 3.05) is 0 Å².